The molecule has 1 unspecified atom stereocenters. The number of para-hydroxylation sites is 2. The van der Waals surface area contributed by atoms with E-state index in [2.05, 4.69) is 186 Å². The van der Waals surface area contributed by atoms with Crippen molar-refractivity contribution in [2.75, 3.05) is 5.32 Å². The molecule has 1 aliphatic heterocycles. The summed E-state index contributed by atoms with van der Waals surface area (Å²) in [4.78, 5) is 5.68. The van der Waals surface area contributed by atoms with Crippen LogP contribution in [0.4, 0.5) is 5.69 Å². The van der Waals surface area contributed by atoms with Gasteiger partial charge in [-0.3, -0.25) is 0 Å². The quantitative estimate of drug-likeness (QED) is 0.202. The number of nitrogens with zero attached hydrogens (tertiary/aromatic N) is 3. The normalized spacial score (nSPS) is 15.9. The van der Waals surface area contributed by atoms with E-state index in [1.165, 1.54) is 60.2 Å². The summed E-state index contributed by atoms with van der Waals surface area (Å²) in [6, 6.07) is 55.2. The third kappa shape index (κ3) is 3.99. The number of hydrogen-bond acceptors (Lipinski definition) is 2. The van der Waals surface area contributed by atoms with Crippen LogP contribution >= 0.6 is 0 Å². The number of aliphatic imine (C=N–C) groups is 1. The van der Waals surface area contributed by atoms with Gasteiger partial charge in [0.05, 0.1) is 22.3 Å². The summed E-state index contributed by atoms with van der Waals surface area (Å²) in [6.45, 7) is 4.69. The molecule has 7 aromatic carbocycles. The SMILES string of the molecule is CC1(C)c2ccccc2-c2ccc(C3=NC(n4c5cc6c(ccn6-c6ccccc6)cc5c5ccc6ccccc6c54)Nc4ccccc43)cc21. The van der Waals surface area contributed by atoms with E-state index >= 15 is 0 Å². The molecule has 2 aliphatic rings. The second-order valence-electron chi connectivity index (χ2n) is 14.5. The molecule has 11 rings (SSSR count). The van der Waals surface area contributed by atoms with E-state index in [-0.39, 0.29) is 11.7 Å². The predicted octanol–water partition coefficient (Wildman–Crippen LogP) is 11.6. The molecule has 0 fully saturated rings. The van der Waals surface area contributed by atoms with Crippen molar-refractivity contribution >= 4 is 54.9 Å². The van der Waals surface area contributed by atoms with E-state index in [4.69, 9.17) is 4.99 Å². The molecule has 2 aromatic heterocycles. The first-order valence-electron chi connectivity index (χ1n) is 17.7. The second-order valence-corrected chi connectivity index (χ2v) is 14.5. The first-order valence-corrected chi connectivity index (χ1v) is 17.7. The Morgan fingerprint density at radius 3 is 2.24 bits per heavy atom. The predicted molar refractivity (Wildman–Crippen MR) is 213 cm³/mol. The standard InChI is InChI=1S/C47H34N4/c1-47(2)39-18-10-8-16-34(39)35-22-21-31(27-40(35)47)44-37-17-9-11-19-41(37)48-46(49-44)51-43-28-42-30(24-25-50(42)32-13-4-3-5-14-32)26-38(43)36-23-20-29-12-6-7-15-33(29)45(36)51/h3-28,46,48H,1-2H3. The molecule has 0 saturated heterocycles. The summed E-state index contributed by atoms with van der Waals surface area (Å²) in [5, 5.41) is 9.99. The molecule has 3 heterocycles. The molecule has 4 nitrogen and oxygen atoms in total. The minimum absolute atomic E-state index is 0.0981. The average molecular weight is 655 g/mol. The van der Waals surface area contributed by atoms with E-state index in [0.29, 0.717) is 0 Å². The highest BCUT2D eigenvalue weighted by Crippen LogP contribution is 2.49. The molecule has 0 amide bonds. The largest absolute Gasteiger partial charge is 0.346 e. The fraction of sp³-hybridized carbons (Fsp3) is 0.0851. The van der Waals surface area contributed by atoms with Gasteiger partial charge in [0.1, 0.15) is 0 Å². The van der Waals surface area contributed by atoms with Gasteiger partial charge in [0, 0.05) is 55.7 Å². The van der Waals surface area contributed by atoms with Gasteiger partial charge in [0.15, 0.2) is 0 Å². The van der Waals surface area contributed by atoms with Crippen molar-refractivity contribution in [2.45, 2.75) is 25.6 Å². The number of fused-ring (bicyclic) bond motifs is 10. The minimum atomic E-state index is -0.378. The molecule has 0 spiro atoms. The Bertz CT molecular complexity index is 2920. The highest BCUT2D eigenvalue weighted by atomic mass is 15.3. The molecule has 4 heteroatoms. The topological polar surface area (TPSA) is 34.2 Å². The maximum absolute atomic E-state index is 5.68. The second kappa shape index (κ2) is 10.3. The van der Waals surface area contributed by atoms with Crippen molar-refractivity contribution in [1.29, 1.82) is 0 Å². The number of hydrogen-bond donors (Lipinski definition) is 1. The van der Waals surface area contributed by atoms with Gasteiger partial charge >= 0.3 is 0 Å². The van der Waals surface area contributed by atoms with Crippen molar-refractivity contribution in [1.82, 2.24) is 9.13 Å². The Balaban J connectivity index is 1.19. The Hall–Kier alpha value is -6.39. The van der Waals surface area contributed by atoms with Crippen LogP contribution in [0, 0.1) is 0 Å². The van der Waals surface area contributed by atoms with Crippen molar-refractivity contribution in [2.24, 2.45) is 4.99 Å². The Morgan fingerprint density at radius 1 is 0.569 bits per heavy atom. The van der Waals surface area contributed by atoms with Crippen LogP contribution in [0.15, 0.2) is 163 Å². The summed E-state index contributed by atoms with van der Waals surface area (Å²) in [6.07, 6.45) is 1.80. The van der Waals surface area contributed by atoms with E-state index < -0.39 is 0 Å². The number of rotatable bonds is 3. The Kier molecular flexibility index (Phi) is 5.75. The smallest absolute Gasteiger partial charge is 0.201 e. The van der Waals surface area contributed by atoms with E-state index in [1.54, 1.807) is 0 Å². The van der Waals surface area contributed by atoms with Gasteiger partial charge in [-0.25, -0.2) is 4.99 Å². The first-order chi connectivity index (χ1) is 25.0. The maximum atomic E-state index is 5.68. The molecule has 242 valence electrons. The molecule has 1 aliphatic carbocycles. The van der Waals surface area contributed by atoms with Gasteiger partial charge in [-0.15, -0.1) is 0 Å². The van der Waals surface area contributed by atoms with Gasteiger partial charge < -0.3 is 14.5 Å². The lowest BCUT2D eigenvalue weighted by atomic mass is 9.81. The molecular formula is C47H34N4. The van der Waals surface area contributed by atoms with Crippen LogP contribution in [0.25, 0.3) is 60.3 Å². The molecule has 0 saturated carbocycles. The van der Waals surface area contributed by atoms with Crippen LogP contribution < -0.4 is 5.32 Å². The molecule has 0 bridgehead atoms. The van der Waals surface area contributed by atoms with Gasteiger partial charge in [-0.2, -0.15) is 0 Å². The van der Waals surface area contributed by atoms with Crippen molar-refractivity contribution < 1.29 is 0 Å². The zero-order valence-corrected chi connectivity index (χ0v) is 28.4. The molecule has 9 aromatic rings. The van der Waals surface area contributed by atoms with E-state index in [9.17, 15) is 0 Å². The molecule has 0 radical (unpaired) electrons. The summed E-state index contributed by atoms with van der Waals surface area (Å²) in [5.74, 6) is 0. The van der Waals surface area contributed by atoms with Crippen LogP contribution in [-0.2, 0) is 5.41 Å². The van der Waals surface area contributed by atoms with Crippen molar-refractivity contribution in [3.8, 4) is 16.8 Å². The summed E-state index contributed by atoms with van der Waals surface area (Å²) < 4.78 is 4.73. The highest BCUT2D eigenvalue weighted by molar-refractivity contribution is 6.21. The molecule has 51 heavy (non-hydrogen) atoms. The summed E-state index contributed by atoms with van der Waals surface area (Å²) >= 11 is 0. The average Bonchev–Trinajstić information content (AvgIpc) is 3.82. The van der Waals surface area contributed by atoms with Gasteiger partial charge in [0.25, 0.3) is 0 Å². The third-order valence-corrected chi connectivity index (χ3v) is 11.4. The lowest BCUT2D eigenvalue weighted by molar-refractivity contribution is 0.625. The molecule has 1 atom stereocenters. The van der Waals surface area contributed by atoms with Gasteiger partial charge in [0.2, 0.25) is 6.29 Å². The van der Waals surface area contributed by atoms with Crippen LogP contribution in [0.2, 0.25) is 0 Å². The Labute approximate surface area is 295 Å². The van der Waals surface area contributed by atoms with E-state index in [0.717, 1.165) is 33.7 Å². The van der Waals surface area contributed by atoms with Crippen LogP contribution in [0.5, 0.6) is 0 Å². The number of nitrogens with one attached hydrogen (secondary N) is 1. The number of aromatic nitrogens is 2. The maximum Gasteiger partial charge on any atom is 0.201 e. The van der Waals surface area contributed by atoms with Crippen LogP contribution in [0.1, 0.15) is 42.4 Å². The summed E-state index contributed by atoms with van der Waals surface area (Å²) in [5.41, 5.74) is 14.3. The zero-order valence-electron chi connectivity index (χ0n) is 28.4. The fourth-order valence-electron chi connectivity index (χ4n) is 8.89. The lowest BCUT2D eigenvalue weighted by Gasteiger charge is -2.29. The van der Waals surface area contributed by atoms with Crippen molar-refractivity contribution in [3.05, 3.63) is 180 Å². The summed E-state index contributed by atoms with van der Waals surface area (Å²) in [7, 11) is 0. The van der Waals surface area contributed by atoms with Crippen LogP contribution in [0.3, 0.4) is 0 Å². The number of anilines is 1. The fourth-order valence-corrected chi connectivity index (χ4v) is 8.89. The van der Waals surface area contributed by atoms with Gasteiger partial charge in [-0.1, -0.05) is 123 Å². The van der Waals surface area contributed by atoms with Gasteiger partial charge in [-0.05, 0) is 70.1 Å². The van der Waals surface area contributed by atoms with E-state index in [1.807, 2.05) is 0 Å². The zero-order chi connectivity index (χ0) is 33.8. The third-order valence-electron chi connectivity index (χ3n) is 11.4. The molecule has 1 N–H and O–H groups in total. The van der Waals surface area contributed by atoms with Crippen LogP contribution in [-0.4, -0.2) is 14.8 Å². The first kappa shape index (κ1) is 28.4. The minimum Gasteiger partial charge on any atom is -0.346 e. The Morgan fingerprint density at radius 2 is 1.33 bits per heavy atom. The highest BCUT2D eigenvalue weighted by Gasteiger charge is 2.36. The lowest BCUT2D eigenvalue weighted by Crippen LogP contribution is -2.25. The van der Waals surface area contributed by atoms with Crippen molar-refractivity contribution in [3.63, 3.8) is 0 Å². The molecular weight excluding hydrogens is 621 g/mol. The monoisotopic (exact) mass is 654 g/mol. The number of benzene rings is 7.